The van der Waals surface area contributed by atoms with Crippen molar-refractivity contribution in [2.24, 2.45) is 0 Å². The Morgan fingerprint density at radius 1 is 1.21 bits per heavy atom. The third kappa shape index (κ3) is 3.81. The number of hydrogen-bond acceptors (Lipinski definition) is 4. The van der Waals surface area contributed by atoms with Gasteiger partial charge in [0.25, 0.3) is 0 Å². The SMILES string of the molecule is CCN(CC)COS(=O)(=O)C(F)(F)F. The second-order valence-corrected chi connectivity index (χ2v) is 4.06. The van der Waals surface area contributed by atoms with Crippen LogP contribution in [0, 0.1) is 0 Å². The van der Waals surface area contributed by atoms with Crippen LogP contribution in [0.25, 0.3) is 0 Å². The van der Waals surface area contributed by atoms with Crippen LogP contribution >= 0.6 is 0 Å². The summed E-state index contributed by atoms with van der Waals surface area (Å²) in [5.41, 5.74) is -5.35. The molecule has 0 rings (SSSR count). The maximum atomic E-state index is 11.8. The lowest BCUT2D eigenvalue weighted by molar-refractivity contribution is -0.0574. The van der Waals surface area contributed by atoms with Crippen molar-refractivity contribution in [1.82, 2.24) is 4.90 Å². The zero-order valence-corrected chi connectivity index (χ0v) is 8.65. The Hall–Kier alpha value is -0.340. The highest BCUT2D eigenvalue weighted by Gasteiger charge is 2.47. The number of alkyl halides is 3. The van der Waals surface area contributed by atoms with Crippen LogP contribution in [0.3, 0.4) is 0 Å². The predicted octanol–water partition coefficient (Wildman–Crippen LogP) is 1.15. The molecule has 0 unspecified atom stereocenters. The molecule has 0 N–H and O–H groups in total. The van der Waals surface area contributed by atoms with Crippen LogP contribution in [-0.4, -0.2) is 38.6 Å². The Kier molecular flexibility index (Phi) is 4.82. The third-order valence-corrected chi connectivity index (χ3v) is 2.55. The number of nitrogens with zero attached hydrogens (tertiary/aromatic N) is 1. The van der Waals surface area contributed by atoms with Gasteiger partial charge in [-0.1, -0.05) is 13.8 Å². The van der Waals surface area contributed by atoms with E-state index in [1.807, 2.05) is 0 Å². The van der Waals surface area contributed by atoms with Crippen molar-refractivity contribution >= 4 is 10.1 Å². The summed E-state index contributed by atoms with van der Waals surface area (Å²) < 4.78 is 59.9. The molecule has 0 aromatic carbocycles. The van der Waals surface area contributed by atoms with Crippen LogP contribution in [0.15, 0.2) is 0 Å². The molecule has 0 saturated carbocycles. The maximum absolute atomic E-state index is 11.8. The molecule has 0 spiro atoms. The van der Waals surface area contributed by atoms with Crippen LogP contribution < -0.4 is 0 Å². The lowest BCUT2D eigenvalue weighted by Crippen LogP contribution is -2.32. The molecule has 0 heterocycles. The first kappa shape index (κ1) is 13.7. The summed E-state index contributed by atoms with van der Waals surface area (Å²) in [6.45, 7) is 3.64. The van der Waals surface area contributed by atoms with Crippen molar-refractivity contribution in [3.63, 3.8) is 0 Å². The second kappa shape index (κ2) is 4.94. The summed E-state index contributed by atoms with van der Waals surface area (Å²) in [6.07, 6.45) is 0. The van der Waals surface area contributed by atoms with E-state index in [1.54, 1.807) is 13.8 Å². The molecule has 0 aliphatic carbocycles. The molecule has 0 aliphatic rings. The normalized spacial score (nSPS) is 13.6. The average Bonchev–Trinajstić information content (AvgIpc) is 2.04. The highest BCUT2D eigenvalue weighted by molar-refractivity contribution is 7.87. The lowest BCUT2D eigenvalue weighted by atomic mass is 10.6. The van der Waals surface area contributed by atoms with Gasteiger partial charge in [0.05, 0.1) is 0 Å². The average molecular weight is 235 g/mol. The summed E-state index contributed by atoms with van der Waals surface area (Å²) in [4.78, 5) is 1.41. The van der Waals surface area contributed by atoms with Crippen molar-refractivity contribution in [3.05, 3.63) is 0 Å². The van der Waals surface area contributed by atoms with Gasteiger partial charge in [-0.25, -0.2) is 4.18 Å². The molecule has 0 bridgehead atoms. The van der Waals surface area contributed by atoms with E-state index in [1.165, 1.54) is 4.90 Å². The standard InChI is InChI=1S/C6H12F3NO3S/c1-3-10(4-2)5-13-14(11,12)6(7,8)9/h3-5H2,1-2H3. The van der Waals surface area contributed by atoms with Crippen molar-refractivity contribution < 1.29 is 25.8 Å². The quantitative estimate of drug-likeness (QED) is 0.407. The van der Waals surface area contributed by atoms with Gasteiger partial charge in [0.1, 0.15) is 6.73 Å². The molecule has 0 fully saturated rings. The van der Waals surface area contributed by atoms with Crippen LogP contribution in [0.4, 0.5) is 13.2 Å². The molecular weight excluding hydrogens is 223 g/mol. The minimum atomic E-state index is -5.45. The fraction of sp³-hybridized carbons (Fsp3) is 1.00. The summed E-state index contributed by atoms with van der Waals surface area (Å²) in [7, 11) is -5.45. The topological polar surface area (TPSA) is 46.6 Å². The Balaban J connectivity index is 4.27. The van der Waals surface area contributed by atoms with Crippen LogP contribution in [0.5, 0.6) is 0 Å². The molecule has 0 aromatic heterocycles. The largest absolute Gasteiger partial charge is 0.523 e. The molecule has 0 aliphatic heterocycles. The van der Waals surface area contributed by atoms with Crippen molar-refractivity contribution in [1.29, 1.82) is 0 Å². The molecule has 0 amide bonds. The Morgan fingerprint density at radius 2 is 1.64 bits per heavy atom. The van der Waals surface area contributed by atoms with Gasteiger partial charge in [0.2, 0.25) is 0 Å². The molecule has 14 heavy (non-hydrogen) atoms. The van der Waals surface area contributed by atoms with E-state index in [-0.39, 0.29) is 0 Å². The number of rotatable bonds is 5. The summed E-state index contributed by atoms with van der Waals surface area (Å²) in [5.74, 6) is 0. The third-order valence-electron chi connectivity index (χ3n) is 1.57. The van der Waals surface area contributed by atoms with E-state index in [9.17, 15) is 21.6 Å². The van der Waals surface area contributed by atoms with Gasteiger partial charge in [0, 0.05) is 0 Å². The van der Waals surface area contributed by atoms with Crippen molar-refractivity contribution in [2.45, 2.75) is 19.4 Å². The molecule has 0 atom stereocenters. The van der Waals surface area contributed by atoms with Crippen LogP contribution in [0.1, 0.15) is 13.8 Å². The molecule has 4 nitrogen and oxygen atoms in total. The zero-order valence-electron chi connectivity index (χ0n) is 7.84. The minimum absolute atomic E-state index is 0.421. The first-order valence-corrected chi connectivity index (χ1v) is 5.33. The van der Waals surface area contributed by atoms with E-state index in [0.717, 1.165) is 0 Å². The van der Waals surface area contributed by atoms with Gasteiger partial charge in [-0.2, -0.15) is 21.6 Å². The minimum Gasteiger partial charge on any atom is -0.280 e. The van der Waals surface area contributed by atoms with Gasteiger partial charge >= 0.3 is 15.6 Å². The van der Waals surface area contributed by atoms with E-state index in [4.69, 9.17) is 0 Å². The molecule has 0 radical (unpaired) electrons. The van der Waals surface area contributed by atoms with Crippen molar-refractivity contribution in [2.75, 3.05) is 19.8 Å². The van der Waals surface area contributed by atoms with Crippen LogP contribution in [0.2, 0.25) is 0 Å². The monoisotopic (exact) mass is 235 g/mol. The fourth-order valence-corrected chi connectivity index (χ4v) is 1.04. The Labute approximate surface area is 80.8 Å². The van der Waals surface area contributed by atoms with Gasteiger partial charge < -0.3 is 0 Å². The summed E-state index contributed by atoms with van der Waals surface area (Å²) in [5, 5.41) is 0. The highest BCUT2D eigenvalue weighted by Crippen LogP contribution is 2.24. The summed E-state index contributed by atoms with van der Waals surface area (Å²) in [6, 6.07) is 0. The van der Waals surface area contributed by atoms with Crippen LogP contribution in [-0.2, 0) is 14.3 Å². The van der Waals surface area contributed by atoms with Gasteiger partial charge in [-0.15, -0.1) is 0 Å². The first-order valence-electron chi connectivity index (χ1n) is 3.92. The van der Waals surface area contributed by atoms with E-state index >= 15 is 0 Å². The molecular formula is C6H12F3NO3S. The van der Waals surface area contributed by atoms with Gasteiger partial charge in [0.15, 0.2) is 0 Å². The van der Waals surface area contributed by atoms with Gasteiger partial charge in [-0.3, -0.25) is 4.90 Å². The van der Waals surface area contributed by atoms with Gasteiger partial charge in [-0.05, 0) is 13.1 Å². The Morgan fingerprint density at radius 3 is 1.93 bits per heavy atom. The Bertz CT molecular complexity index is 258. The first-order chi connectivity index (χ1) is 6.24. The molecule has 86 valence electrons. The zero-order chi connectivity index (χ0) is 11.4. The van der Waals surface area contributed by atoms with E-state index in [0.29, 0.717) is 13.1 Å². The van der Waals surface area contributed by atoms with E-state index in [2.05, 4.69) is 4.18 Å². The second-order valence-electron chi connectivity index (χ2n) is 2.45. The lowest BCUT2D eigenvalue weighted by Gasteiger charge is -2.17. The maximum Gasteiger partial charge on any atom is 0.523 e. The van der Waals surface area contributed by atoms with E-state index < -0.39 is 22.4 Å². The molecule has 0 saturated heterocycles. The predicted molar refractivity (Wildman–Crippen MR) is 43.8 cm³/mol. The fourth-order valence-electron chi connectivity index (χ4n) is 0.617. The molecule has 0 aromatic rings. The number of hydrogen-bond donors (Lipinski definition) is 0. The number of halogens is 3. The highest BCUT2D eigenvalue weighted by atomic mass is 32.2. The molecule has 8 heteroatoms. The van der Waals surface area contributed by atoms with Crippen molar-refractivity contribution in [3.8, 4) is 0 Å². The smallest absolute Gasteiger partial charge is 0.280 e. The summed E-state index contributed by atoms with van der Waals surface area (Å²) >= 11 is 0.